The molecule has 218 valence electrons. The van der Waals surface area contributed by atoms with Gasteiger partial charge in [-0.05, 0) is 49.9 Å². The molecule has 0 unspecified atom stereocenters. The Morgan fingerprint density at radius 2 is 1.20 bits per heavy atom. The summed E-state index contributed by atoms with van der Waals surface area (Å²) in [5, 5.41) is 20.7. The SMILES string of the molecule is CCCC(=O)Oc1c(-c2ccc(O)cc2)oc2c(C(=O)CCC)c(O)c(C(=O)CCC)c(OC(=O)CCC)c2c1=O. The van der Waals surface area contributed by atoms with Crippen molar-refractivity contribution in [2.45, 2.75) is 79.1 Å². The van der Waals surface area contributed by atoms with Crippen molar-refractivity contribution in [3.8, 4) is 34.3 Å². The van der Waals surface area contributed by atoms with Crippen molar-refractivity contribution in [1.82, 2.24) is 0 Å². The number of esters is 2. The quantitative estimate of drug-likeness (QED) is 0.138. The topological polar surface area (TPSA) is 157 Å². The van der Waals surface area contributed by atoms with Crippen LogP contribution in [0.15, 0.2) is 33.5 Å². The van der Waals surface area contributed by atoms with Crippen LogP contribution in [0.4, 0.5) is 0 Å². The average Bonchev–Trinajstić information content (AvgIpc) is 2.91. The molecule has 10 nitrogen and oxygen atoms in total. The first-order chi connectivity index (χ1) is 19.6. The van der Waals surface area contributed by atoms with Gasteiger partial charge >= 0.3 is 11.9 Å². The minimum absolute atomic E-state index is 0.0269. The largest absolute Gasteiger partial charge is 0.508 e. The summed E-state index contributed by atoms with van der Waals surface area (Å²) in [6, 6.07) is 5.46. The fourth-order valence-corrected chi connectivity index (χ4v) is 4.32. The third-order valence-electron chi connectivity index (χ3n) is 6.21. The minimum atomic E-state index is -0.978. The number of aromatic hydroxyl groups is 2. The second kappa shape index (κ2) is 13.7. The highest BCUT2D eigenvalue weighted by Crippen LogP contribution is 2.44. The molecule has 0 aliphatic heterocycles. The molecular formula is C31H34O10. The van der Waals surface area contributed by atoms with E-state index in [1.54, 1.807) is 27.7 Å². The summed E-state index contributed by atoms with van der Waals surface area (Å²) in [5.41, 5.74) is -2.09. The van der Waals surface area contributed by atoms with E-state index in [-0.39, 0.29) is 42.8 Å². The molecule has 0 saturated carbocycles. The van der Waals surface area contributed by atoms with Gasteiger partial charge in [0, 0.05) is 31.2 Å². The predicted octanol–water partition coefficient (Wildman–Crippen LogP) is 6.25. The fourth-order valence-electron chi connectivity index (χ4n) is 4.32. The van der Waals surface area contributed by atoms with Crippen LogP contribution in [0.2, 0.25) is 0 Å². The fraction of sp³-hybridized carbons (Fsp3) is 0.387. The molecule has 2 N–H and O–H groups in total. The molecular weight excluding hydrogens is 532 g/mol. The number of hydrogen-bond acceptors (Lipinski definition) is 10. The zero-order valence-electron chi connectivity index (χ0n) is 23.6. The summed E-state index contributed by atoms with van der Waals surface area (Å²) in [6.45, 7) is 6.95. The first kappa shape index (κ1) is 31.1. The molecule has 3 aromatic rings. The van der Waals surface area contributed by atoms with E-state index < -0.39 is 68.3 Å². The van der Waals surface area contributed by atoms with Gasteiger partial charge in [-0.15, -0.1) is 0 Å². The number of fused-ring (bicyclic) bond motifs is 1. The van der Waals surface area contributed by atoms with Crippen LogP contribution in [0.3, 0.4) is 0 Å². The summed E-state index contributed by atoms with van der Waals surface area (Å²) in [7, 11) is 0. The van der Waals surface area contributed by atoms with E-state index >= 15 is 0 Å². The lowest BCUT2D eigenvalue weighted by Crippen LogP contribution is -2.20. The molecule has 0 aliphatic carbocycles. The molecule has 41 heavy (non-hydrogen) atoms. The highest BCUT2D eigenvalue weighted by Gasteiger charge is 2.34. The van der Waals surface area contributed by atoms with Crippen LogP contribution >= 0.6 is 0 Å². The van der Waals surface area contributed by atoms with E-state index in [2.05, 4.69) is 0 Å². The number of carbonyl (C=O) groups is 4. The molecule has 0 aliphatic rings. The van der Waals surface area contributed by atoms with Crippen LogP contribution in [-0.4, -0.2) is 33.7 Å². The van der Waals surface area contributed by atoms with Gasteiger partial charge in [0.05, 0.1) is 0 Å². The summed E-state index contributed by atoms with van der Waals surface area (Å²) >= 11 is 0. The van der Waals surface area contributed by atoms with Gasteiger partial charge in [-0.2, -0.15) is 0 Å². The Labute approximate surface area is 236 Å². The zero-order chi connectivity index (χ0) is 30.3. The highest BCUT2D eigenvalue weighted by atomic mass is 16.5. The maximum Gasteiger partial charge on any atom is 0.311 e. The number of carbonyl (C=O) groups excluding carboxylic acids is 4. The molecule has 0 radical (unpaired) electrons. The first-order valence-corrected chi connectivity index (χ1v) is 13.8. The van der Waals surface area contributed by atoms with Crippen LogP contribution in [0.5, 0.6) is 23.0 Å². The molecule has 0 amide bonds. The minimum Gasteiger partial charge on any atom is -0.508 e. The van der Waals surface area contributed by atoms with E-state index in [0.717, 1.165) is 0 Å². The molecule has 0 bridgehead atoms. The molecule has 10 heteroatoms. The van der Waals surface area contributed by atoms with Gasteiger partial charge in [-0.25, -0.2) is 0 Å². The van der Waals surface area contributed by atoms with Crippen molar-refractivity contribution in [3.63, 3.8) is 0 Å². The average molecular weight is 567 g/mol. The van der Waals surface area contributed by atoms with Crippen LogP contribution in [0.1, 0.15) is 99.8 Å². The van der Waals surface area contributed by atoms with Crippen molar-refractivity contribution in [2.24, 2.45) is 0 Å². The summed E-state index contributed by atoms with van der Waals surface area (Å²) in [6.07, 6.45) is 1.35. The maximum atomic E-state index is 14.2. The molecule has 1 heterocycles. The van der Waals surface area contributed by atoms with Crippen molar-refractivity contribution in [1.29, 1.82) is 0 Å². The molecule has 0 fully saturated rings. The Balaban J connectivity index is 2.60. The number of benzene rings is 2. The summed E-state index contributed by atoms with van der Waals surface area (Å²) in [4.78, 5) is 66.1. The summed E-state index contributed by atoms with van der Waals surface area (Å²) in [5.74, 6) is -4.98. The second-order valence-electron chi connectivity index (χ2n) is 9.56. The van der Waals surface area contributed by atoms with E-state index in [1.165, 1.54) is 24.3 Å². The molecule has 3 rings (SSSR count). The van der Waals surface area contributed by atoms with Gasteiger partial charge in [-0.3, -0.25) is 24.0 Å². The van der Waals surface area contributed by atoms with Gasteiger partial charge in [0.15, 0.2) is 28.7 Å². The second-order valence-corrected chi connectivity index (χ2v) is 9.56. The van der Waals surface area contributed by atoms with Gasteiger partial charge in [0.1, 0.15) is 28.0 Å². The van der Waals surface area contributed by atoms with E-state index in [0.29, 0.717) is 25.7 Å². The molecule has 1 aromatic heterocycles. The van der Waals surface area contributed by atoms with E-state index in [9.17, 15) is 34.2 Å². The Morgan fingerprint density at radius 1 is 0.707 bits per heavy atom. The van der Waals surface area contributed by atoms with Gasteiger partial charge in [0.25, 0.3) is 0 Å². The van der Waals surface area contributed by atoms with Crippen molar-refractivity contribution in [2.75, 3.05) is 0 Å². The van der Waals surface area contributed by atoms with Crippen molar-refractivity contribution in [3.05, 3.63) is 45.6 Å². The smallest absolute Gasteiger partial charge is 0.311 e. The lowest BCUT2D eigenvalue weighted by atomic mass is 9.93. The lowest BCUT2D eigenvalue weighted by Gasteiger charge is -2.18. The predicted molar refractivity (Wildman–Crippen MR) is 151 cm³/mol. The normalized spacial score (nSPS) is 10.9. The van der Waals surface area contributed by atoms with Crippen LogP contribution in [0.25, 0.3) is 22.3 Å². The van der Waals surface area contributed by atoms with E-state index in [4.69, 9.17) is 13.9 Å². The van der Waals surface area contributed by atoms with Gasteiger partial charge < -0.3 is 24.1 Å². The lowest BCUT2D eigenvalue weighted by molar-refractivity contribution is -0.135. The number of Topliss-reactive ketones (excluding diaryl/α,β-unsaturated/α-hetero) is 2. The number of ketones is 2. The molecule has 0 saturated heterocycles. The third-order valence-corrected chi connectivity index (χ3v) is 6.21. The molecule has 0 atom stereocenters. The Kier molecular flexibility index (Phi) is 10.4. The van der Waals surface area contributed by atoms with Crippen LogP contribution in [-0.2, 0) is 9.59 Å². The monoisotopic (exact) mass is 566 g/mol. The van der Waals surface area contributed by atoms with Crippen molar-refractivity contribution >= 4 is 34.5 Å². The zero-order valence-corrected chi connectivity index (χ0v) is 23.6. The van der Waals surface area contributed by atoms with Crippen molar-refractivity contribution < 1.29 is 43.3 Å². The Morgan fingerprint density at radius 3 is 1.71 bits per heavy atom. The first-order valence-electron chi connectivity index (χ1n) is 13.8. The molecule has 2 aromatic carbocycles. The number of rotatable bonds is 13. The van der Waals surface area contributed by atoms with E-state index in [1.807, 2.05) is 0 Å². The Hall–Kier alpha value is -4.47. The standard InChI is InChI=1S/C31H34O10/c1-5-9-19(33)23-26(37)24(20(34)10-6-2)30-25(29(23)39-21(35)11-7-3)27(38)31(40-22(36)12-8-4)28(41-30)17-13-15-18(32)16-14-17/h13-16,32,37H,5-12H2,1-4H3. The van der Waals surface area contributed by atoms with Crippen LogP contribution in [0, 0.1) is 0 Å². The number of phenolic OH excluding ortho intramolecular Hbond substituents is 2. The van der Waals surface area contributed by atoms with Gasteiger partial charge in [0.2, 0.25) is 11.2 Å². The van der Waals surface area contributed by atoms with Gasteiger partial charge in [-0.1, -0.05) is 27.7 Å². The molecule has 0 spiro atoms. The van der Waals surface area contributed by atoms with Crippen LogP contribution < -0.4 is 14.9 Å². The number of hydrogen-bond donors (Lipinski definition) is 2. The Bertz CT molecular complexity index is 1530. The number of phenols is 2. The maximum absolute atomic E-state index is 14.2. The third kappa shape index (κ3) is 6.65. The highest BCUT2D eigenvalue weighted by molar-refractivity contribution is 6.17. The number of ether oxygens (including phenoxy) is 2. The summed E-state index contributed by atoms with van der Waals surface area (Å²) < 4.78 is 17.1.